The molecule has 0 radical (unpaired) electrons. The molecule has 0 atom stereocenters. The number of nitrogens with zero attached hydrogens (tertiary/aromatic N) is 1. The third-order valence-electron chi connectivity index (χ3n) is 4.11. The van der Waals surface area contributed by atoms with Crippen molar-refractivity contribution in [3.8, 4) is 11.6 Å². The molecule has 7 heteroatoms. The number of hydrogen-bond acceptors (Lipinski definition) is 4. The van der Waals surface area contributed by atoms with Gasteiger partial charge in [-0.1, -0.05) is 56.8 Å². The molecule has 1 aliphatic rings. The van der Waals surface area contributed by atoms with Gasteiger partial charge < -0.3 is 14.8 Å². The van der Waals surface area contributed by atoms with Crippen LogP contribution >= 0.6 is 11.6 Å². The number of rotatable bonds is 6. The van der Waals surface area contributed by atoms with Gasteiger partial charge in [0.1, 0.15) is 24.8 Å². The Morgan fingerprint density at radius 2 is 1.77 bits per heavy atom. The molecule has 0 aliphatic carbocycles. The topological polar surface area (TPSA) is 43.4 Å². The maximum atomic E-state index is 13.9. The first kappa shape index (κ1) is 24.2. The van der Waals surface area contributed by atoms with Crippen LogP contribution in [0.5, 0.6) is 11.6 Å². The second kappa shape index (κ2) is 11.3. The summed E-state index contributed by atoms with van der Waals surface area (Å²) < 4.78 is 38.7. The molecule has 31 heavy (non-hydrogen) atoms. The number of ether oxygens (including phenoxy) is 2. The van der Waals surface area contributed by atoms with Gasteiger partial charge in [0.25, 0.3) is 5.88 Å². The first-order valence-corrected chi connectivity index (χ1v) is 10.2. The van der Waals surface area contributed by atoms with Gasteiger partial charge >= 0.3 is 0 Å². The van der Waals surface area contributed by atoms with E-state index in [1.54, 1.807) is 18.2 Å². The van der Waals surface area contributed by atoms with Gasteiger partial charge in [0.2, 0.25) is 0 Å². The van der Waals surface area contributed by atoms with E-state index in [4.69, 9.17) is 21.1 Å². The van der Waals surface area contributed by atoms with E-state index < -0.39 is 11.6 Å². The lowest BCUT2D eigenvalue weighted by Gasteiger charge is -2.18. The van der Waals surface area contributed by atoms with Crippen LogP contribution in [0.1, 0.15) is 32.0 Å². The fraction of sp³-hybridized carbons (Fsp3) is 0.208. The number of allylic oxidation sites excluding steroid dienone is 4. The van der Waals surface area contributed by atoms with Crippen molar-refractivity contribution in [2.75, 3.05) is 13.2 Å². The van der Waals surface area contributed by atoms with E-state index in [9.17, 15) is 8.78 Å². The van der Waals surface area contributed by atoms with Gasteiger partial charge in [-0.3, -0.25) is 0 Å². The maximum Gasteiger partial charge on any atom is 0.257 e. The van der Waals surface area contributed by atoms with Gasteiger partial charge in [0.15, 0.2) is 5.75 Å². The van der Waals surface area contributed by atoms with Crippen molar-refractivity contribution in [1.82, 2.24) is 10.3 Å². The SMILES string of the molecule is C=C(/C=C\C(=C/C)c1nc2c(cc1Cl)OCCO2)NC(=C)c1c(F)cccc1F.CC. The molecule has 1 aromatic carbocycles. The molecule has 2 heterocycles. The molecule has 0 spiro atoms. The zero-order valence-corrected chi connectivity index (χ0v) is 18.5. The molecule has 4 nitrogen and oxygen atoms in total. The standard InChI is InChI=1S/C22H19ClF2N2O2.C2H6/c1-4-15(21-16(23)12-19-22(27-21)29-11-10-28-19)9-8-13(2)26-14(3)20-17(24)6-5-7-18(20)25;1-2/h4-9,12,26H,2-3,10-11H2,1H3;1-2H3/b9-8-,15-4+;. The summed E-state index contributed by atoms with van der Waals surface area (Å²) in [6.07, 6.45) is 5.18. The van der Waals surface area contributed by atoms with Crippen molar-refractivity contribution in [2.45, 2.75) is 20.8 Å². The highest BCUT2D eigenvalue weighted by atomic mass is 35.5. The molecule has 0 fully saturated rings. The minimum absolute atomic E-state index is 0.0627. The molecule has 0 unspecified atom stereocenters. The molecule has 3 rings (SSSR count). The zero-order chi connectivity index (χ0) is 23.0. The number of nitrogens with one attached hydrogen (secondary N) is 1. The number of hydrogen-bond donors (Lipinski definition) is 1. The van der Waals surface area contributed by atoms with E-state index in [0.717, 1.165) is 12.1 Å². The van der Waals surface area contributed by atoms with Crippen molar-refractivity contribution in [3.63, 3.8) is 0 Å². The Bertz CT molecular complexity index is 1010. The van der Waals surface area contributed by atoms with Crippen LogP contribution in [0.15, 0.2) is 61.3 Å². The Labute approximate surface area is 186 Å². The lowest BCUT2D eigenvalue weighted by atomic mass is 10.1. The summed E-state index contributed by atoms with van der Waals surface area (Å²) >= 11 is 6.34. The second-order valence-electron chi connectivity index (χ2n) is 6.12. The highest BCUT2D eigenvalue weighted by Crippen LogP contribution is 2.35. The van der Waals surface area contributed by atoms with Crippen LogP contribution < -0.4 is 14.8 Å². The van der Waals surface area contributed by atoms with Gasteiger partial charge in [-0.15, -0.1) is 0 Å². The summed E-state index contributed by atoms with van der Waals surface area (Å²) in [5.74, 6) is -0.538. The molecular formula is C24H25ClF2N2O2. The number of benzene rings is 1. The number of halogens is 3. The van der Waals surface area contributed by atoms with E-state index in [1.807, 2.05) is 26.8 Å². The predicted molar refractivity (Wildman–Crippen MR) is 122 cm³/mol. The van der Waals surface area contributed by atoms with Crippen LogP contribution in [0.25, 0.3) is 11.3 Å². The Hall–Kier alpha value is -3.12. The number of aromatic nitrogens is 1. The van der Waals surface area contributed by atoms with E-state index in [2.05, 4.69) is 23.5 Å². The molecule has 0 saturated carbocycles. The normalized spacial score (nSPS) is 12.8. The first-order chi connectivity index (χ1) is 14.9. The monoisotopic (exact) mass is 446 g/mol. The Kier molecular flexibility index (Phi) is 8.82. The van der Waals surface area contributed by atoms with Gasteiger partial charge in [0, 0.05) is 17.5 Å². The zero-order valence-electron chi connectivity index (χ0n) is 17.8. The van der Waals surface area contributed by atoms with Crippen molar-refractivity contribution < 1.29 is 18.3 Å². The average molecular weight is 447 g/mol. The minimum atomic E-state index is -0.708. The summed E-state index contributed by atoms with van der Waals surface area (Å²) in [6.45, 7) is 14.2. The molecule has 0 bridgehead atoms. The van der Waals surface area contributed by atoms with E-state index in [1.165, 1.54) is 6.07 Å². The maximum absolute atomic E-state index is 13.9. The summed E-state index contributed by atoms with van der Waals surface area (Å²) in [6, 6.07) is 5.28. The fourth-order valence-corrected chi connectivity index (χ4v) is 2.99. The molecule has 0 saturated heterocycles. The third-order valence-corrected chi connectivity index (χ3v) is 4.40. The van der Waals surface area contributed by atoms with E-state index in [-0.39, 0.29) is 11.3 Å². The van der Waals surface area contributed by atoms with Crippen LogP contribution in [0.4, 0.5) is 8.78 Å². The molecule has 164 valence electrons. The smallest absolute Gasteiger partial charge is 0.257 e. The lowest BCUT2D eigenvalue weighted by molar-refractivity contribution is 0.164. The highest BCUT2D eigenvalue weighted by molar-refractivity contribution is 6.32. The molecular weight excluding hydrogens is 422 g/mol. The van der Waals surface area contributed by atoms with Gasteiger partial charge in [-0.05, 0) is 30.7 Å². The van der Waals surface area contributed by atoms with Crippen molar-refractivity contribution in [2.24, 2.45) is 0 Å². The van der Waals surface area contributed by atoms with Crippen LogP contribution in [0.3, 0.4) is 0 Å². The first-order valence-electron chi connectivity index (χ1n) is 9.80. The molecule has 0 amide bonds. The lowest BCUT2D eigenvalue weighted by Crippen LogP contribution is -2.16. The average Bonchev–Trinajstić information content (AvgIpc) is 2.75. The summed E-state index contributed by atoms with van der Waals surface area (Å²) in [5.41, 5.74) is 1.43. The van der Waals surface area contributed by atoms with Crippen LogP contribution in [0.2, 0.25) is 5.02 Å². The van der Waals surface area contributed by atoms with E-state index in [0.29, 0.717) is 46.8 Å². The highest BCUT2D eigenvalue weighted by Gasteiger charge is 2.18. The molecule has 1 aliphatic heterocycles. The number of pyridine rings is 1. The van der Waals surface area contributed by atoms with Crippen molar-refractivity contribution in [1.29, 1.82) is 0 Å². The quantitative estimate of drug-likeness (QED) is 0.511. The molecule has 1 aromatic heterocycles. The van der Waals surface area contributed by atoms with Gasteiger partial charge in [-0.2, -0.15) is 0 Å². The number of fused-ring (bicyclic) bond motifs is 1. The molecule has 1 N–H and O–H groups in total. The van der Waals surface area contributed by atoms with Gasteiger partial charge in [-0.25, -0.2) is 13.8 Å². The van der Waals surface area contributed by atoms with Crippen molar-refractivity contribution in [3.05, 3.63) is 89.3 Å². The van der Waals surface area contributed by atoms with Crippen LogP contribution in [-0.2, 0) is 0 Å². The Balaban J connectivity index is 0.00000166. The van der Waals surface area contributed by atoms with Crippen LogP contribution in [-0.4, -0.2) is 18.2 Å². The third kappa shape index (κ3) is 5.95. The minimum Gasteiger partial charge on any atom is -0.484 e. The van der Waals surface area contributed by atoms with E-state index >= 15 is 0 Å². The van der Waals surface area contributed by atoms with Gasteiger partial charge in [0.05, 0.1) is 16.3 Å². The largest absolute Gasteiger partial charge is 0.484 e. The molecule has 2 aromatic rings. The van der Waals surface area contributed by atoms with Crippen molar-refractivity contribution >= 4 is 22.9 Å². The summed E-state index contributed by atoms with van der Waals surface area (Å²) in [5, 5.41) is 3.20. The Morgan fingerprint density at radius 3 is 2.42 bits per heavy atom. The summed E-state index contributed by atoms with van der Waals surface area (Å²) in [7, 11) is 0. The Morgan fingerprint density at radius 1 is 1.13 bits per heavy atom. The second-order valence-corrected chi connectivity index (χ2v) is 6.53. The fourth-order valence-electron chi connectivity index (χ4n) is 2.74. The summed E-state index contributed by atoms with van der Waals surface area (Å²) in [4.78, 5) is 4.43. The van der Waals surface area contributed by atoms with Crippen LogP contribution in [0, 0.1) is 11.6 Å². The predicted octanol–water partition coefficient (Wildman–Crippen LogP) is 6.54.